The number of aromatic amines is 1. The number of nitrogens with zero attached hydrogens (tertiary/aromatic N) is 5. The number of pyridine rings is 1. The van der Waals surface area contributed by atoms with Crippen molar-refractivity contribution >= 4 is 34.2 Å². The summed E-state index contributed by atoms with van der Waals surface area (Å²) >= 11 is 0. The minimum atomic E-state index is -0.719. The van der Waals surface area contributed by atoms with Crippen molar-refractivity contribution in [3.63, 3.8) is 0 Å². The van der Waals surface area contributed by atoms with Crippen molar-refractivity contribution in [2.45, 2.75) is 25.8 Å². The van der Waals surface area contributed by atoms with Crippen molar-refractivity contribution < 1.29 is 9.59 Å². The molecular weight excluding hydrogens is 360 g/mol. The van der Waals surface area contributed by atoms with Crippen LogP contribution in [0.3, 0.4) is 0 Å². The fourth-order valence-corrected chi connectivity index (χ4v) is 3.75. The maximum Gasteiger partial charge on any atom is 0.314 e. The van der Waals surface area contributed by atoms with Gasteiger partial charge in [0.1, 0.15) is 5.82 Å². The third-order valence-corrected chi connectivity index (χ3v) is 5.24. The number of aromatic nitrogens is 5. The third-order valence-electron chi connectivity index (χ3n) is 5.24. The number of piperidine rings is 1. The average molecular weight is 382 g/mol. The van der Waals surface area contributed by atoms with Crippen molar-refractivity contribution in [1.29, 1.82) is 0 Å². The first-order valence-electron chi connectivity index (χ1n) is 9.13. The molecule has 2 atom stereocenters. The van der Waals surface area contributed by atoms with Crippen LogP contribution in [0.1, 0.15) is 31.5 Å². The molecular formula is C18H22N8O2. The van der Waals surface area contributed by atoms with E-state index in [0.717, 1.165) is 18.5 Å². The Morgan fingerprint density at radius 1 is 1.32 bits per heavy atom. The summed E-state index contributed by atoms with van der Waals surface area (Å²) in [5.41, 5.74) is 7.62. The zero-order chi connectivity index (χ0) is 19.8. The van der Waals surface area contributed by atoms with Gasteiger partial charge >= 0.3 is 11.8 Å². The predicted molar refractivity (Wildman–Crippen MR) is 103 cm³/mol. The Balaban J connectivity index is 1.59. The van der Waals surface area contributed by atoms with Crippen LogP contribution in [0, 0.1) is 5.92 Å². The van der Waals surface area contributed by atoms with Gasteiger partial charge in [-0.05, 0) is 24.8 Å². The molecule has 28 heavy (non-hydrogen) atoms. The molecule has 1 aliphatic heterocycles. The Hall–Kier alpha value is -3.43. The number of hydrogen-bond acceptors (Lipinski definition) is 6. The first kappa shape index (κ1) is 18.0. The number of nitrogen functional groups attached to an aromatic ring is 1. The molecule has 4 rings (SSSR count). The van der Waals surface area contributed by atoms with Crippen LogP contribution in [0.5, 0.6) is 0 Å². The van der Waals surface area contributed by atoms with Gasteiger partial charge in [0.15, 0.2) is 0 Å². The summed E-state index contributed by atoms with van der Waals surface area (Å²) in [5, 5.41) is 14.1. The number of carbonyl (C=O) groups is 2. The average Bonchev–Trinajstić information content (AvgIpc) is 3.33. The molecule has 0 unspecified atom stereocenters. The van der Waals surface area contributed by atoms with Crippen LogP contribution in [0.15, 0.2) is 24.7 Å². The quantitative estimate of drug-likeness (QED) is 0.570. The standard InChI is InChI=1S/C18H22N8O2/c1-10-3-4-14(13-5-6-22-25(13)2)26(9-10)18(28)17(27)23-12-8-20-16(19)11-7-21-24-15(11)12/h5-8,10,14H,3-4,9H2,1-2H3,(H2,19,20)(H,21,24)(H,23,27)/t10-,14+/m0/s1. The molecule has 0 bridgehead atoms. The lowest BCUT2D eigenvalue weighted by molar-refractivity contribution is -0.146. The summed E-state index contributed by atoms with van der Waals surface area (Å²) in [7, 11) is 1.84. The lowest BCUT2D eigenvalue weighted by Gasteiger charge is -2.38. The molecule has 10 nitrogen and oxygen atoms in total. The molecule has 10 heteroatoms. The minimum Gasteiger partial charge on any atom is -0.383 e. The molecule has 146 valence electrons. The normalized spacial score (nSPS) is 19.7. The van der Waals surface area contributed by atoms with Crippen LogP contribution in [0.25, 0.3) is 10.9 Å². The van der Waals surface area contributed by atoms with Gasteiger partial charge in [0.25, 0.3) is 0 Å². The molecule has 0 aromatic carbocycles. The second kappa shape index (κ2) is 6.95. The number of nitrogens with two attached hydrogens (primary N) is 1. The molecule has 2 amide bonds. The van der Waals surface area contributed by atoms with E-state index in [1.807, 2.05) is 13.1 Å². The van der Waals surface area contributed by atoms with Gasteiger partial charge in [-0.25, -0.2) is 4.98 Å². The van der Waals surface area contributed by atoms with Gasteiger partial charge in [-0.1, -0.05) is 6.92 Å². The van der Waals surface area contributed by atoms with Crippen LogP contribution in [-0.4, -0.2) is 48.2 Å². The number of likely N-dealkylation sites (tertiary alicyclic amines) is 1. The Labute approximate surface area is 161 Å². The number of nitrogens with one attached hydrogen (secondary N) is 2. The monoisotopic (exact) mass is 382 g/mol. The summed E-state index contributed by atoms with van der Waals surface area (Å²) in [5.74, 6) is -0.682. The number of H-pyrrole nitrogens is 1. The largest absolute Gasteiger partial charge is 0.383 e. The number of amides is 2. The number of anilines is 2. The Kier molecular flexibility index (Phi) is 4.46. The van der Waals surface area contributed by atoms with Crippen LogP contribution in [0.2, 0.25) is 0 Å². The van der Waals surface area contributed by atoms with Crippen LogP contribution >= 0.6 is 0 Å². The predicted octanol–water partition coefficient (Wildman–Crippen LogP) is 1.21. The number of rotatable bonds is 2. The highest BCUT2D eigenvalue weighted by atomic mass is 16.2. The molecule has 1 fully saturated rings. The highest BCUT2D eigenvalue weighted by Gasteiger charge is 2.35. The SMILES string of the molecule is C[C@H]1CC[C@H](c2ccnn2C)N(C(=O)C(=O)Nc2cnc(N)c3cn[nH]c23)C1. The smallest absolute Gasteiger partial charge is 0.314 e. The van der Waals surface area contributed by atoms with E-state index in [2.05, 4.69) is 32.5 Å². The van der Waals surface area contributed by atoms with Crippen molar-refractivity contribution in [1.82, 2.24) is 29.9 Å². The number of carbonyl (C=O) groups excluding carboxylic acids is 2. The van der Waals surface area contributed by atoms with E-state index < -0.39 is 11.8 Å². The van der Waals surface area contributed by atoms with Crippen LogP contribution < -0.4 is 11.1 Å². The number of hydrogen-bond donors (Lipinski definition) is 3. The summed E-state index contributed by atoms with van der Waals surface area (Å²) in [6.45, 7) is 2.59. The Morgan fingerprint density at radius 3 is 2.89 bits per heavy atom. The van der Waals surface area contributed by atoms with E-state index >= 15 is 0 Å². The van der Waals surface area contributed by atoms with Gasteiger partial charge in [-0.2, -0.15) is 10.2 Å². The molecule has 1 saturated heterocycles. The van der Waals surface area contributed by atoms with Gasteiger partial charge in [0.2, 0.25) is 0 Å². The second-order valence-corrected chi connectivity index (χ2v) is 7.21. The van der Waals surface area contributed by atoms with Gasteiger partial charge < -0.3 is 16.0 Å². The molecule has 0 radical (unpaired) electrons. The number of aryl methyl sites for hydroxylation is 1. The second-order valence-electron chi connectivity index (χ2n) is 7.21. The minimum absolute atomic E-state index is 0.182. The van der Waals surface area contributed by atoms with Crippen molar-refractivity contribution in [3.8, 4) is 0 Å². The molecule has 3 aromatic heterocycles. The third kappa shape index (κ3) is 3.06. The lowest BCUT2D eigenvalue weighted by Crippen LogP contribution is -2.47. The maximum atomic E-state index is 13.0. The van der Waals surface area contributed by atoms with E-state index in [1.165, 1.54) is 12.4 Å². The van der Waals surface area contributed by atoms with E-state index in [-0.39, 0.29) is 6.04 Å². The highest BCUT2D eigenvalue weighted by molar-refractivity contribution is 6.40. The first-order chi connectivity index (χ1) is 13.5. The van der Waals surface area contributed by atoms with Gasteiger partial charge in [-0.3, -0.25) is 19.4 Å². The molecule has 0 saturated carbocycles. The lowest BCUT2D eigenvalue weighted by atomic mass is 9.92. The molecule has 1 aliphatic rings. The fraction of sp³-hybridized carbons (Fsp3) is 0.389. The van der Waals surface area contributed by atoms with E-state index in [1.54, 1.807) is 15.8 Å². The van der Waals surface area contributed by atoms with Crippen molar-refractivity contribution in [3.05, 3.63) is 30.4 Å². The summed E-state index contributed by atoms with van der Waals surface area (Å²) in [6.07, 6.45) is 6.41. The Bertz CT molecular complexity index is 1040. The Morgan fingerprint density at radius 2 is 2.14 bits per heavy atom. The fourth-order valence-electron chi connectivity index (χ4n) is 3.75. The molecule has 3 aromatic rings. The van der Waals surface area contributed by atoms with Crippen LogP contribution in [0.4, 0.5) is 11.5 Å². The van der Waals surface area contributed by atoms with E-state index in [0.29, 0.717) is 34.9 Å². The first-order valence-corrected chi connectivity index (χ1v) is 9.13. The highest BCUT2D eigenvalue weighted by Crippen LogP contribution is 2.33. The molecule has 4 N–H and O–H groups in total. The maximum absolute atomic E-state index is 13.0. The van der Waals surface area contributed by atoms with E-state index in [9.17, 15) is 9.59 Å². The molecule has 0 spiro atoms. The molecule has 0 aliphatic carbocycles. The van der Waals surface area contributed by atoms with Gasteiger partial charge in [0.05, 0.1) is 40.7 Å². The van der Waals surface area contributed by atoms with E-state index in [4.69, 9.17) is 5.73 Å². The van der Waals surface area contributed by atoms with Crippen molar-refractivity contribution in [2.75, 3.05) is 17.6 Å². The summed E-state index contributed by atoms with van der Waals surface area (Å²) in [4.78, 5) is 31.5. The zero-order valence-electron chi connectivity index (χ0n) is 15.7. The topological polar surface area (TPSA) is 135 Å². The van der Waals surface area contributed by atoms with Crippen molar-refractivity contribution in [2.24, 2.45) is 13.0 Å². The number of fused-ring (bicyclic) bond motifs is 1. The molecule has 4 heterocycles. The van der Waals surface area contributed by atoms with Gasteiger partial charge in [-0.15, -0.1) is 0 Å². The van der Waals surface area contributed by atoms with Crippen LogP contribution in [-0.2, 0) is 16.6 Å². The van der Waals surface area contributed by atoms with Gasteiger partial charge in [0, 0.05) is 19.8 Å². The zero-order valence-corrected chi connectivity index (χ0v) is 15.7. The summed E-state index contributed by atoms with van der Waals surface area (Å²) in [6, 6.07) is 1.70. The summed E-state index contributed by atoms with van der Waals surface area (Å²) < 4.78 is 1.75.